The zero-order valence-corrected chi connectivity index (χ0v) is 15.3. The van der Waals surface area contributed by atoms with Crippen LogP contribution in [0.3, 0.4) is 0 Å². The van der Waals surface area contributed by atoms with Crippen molar-refractivity contribution >= 4 is 22.8 Å². The van der Waals surface area contributed by atoms with Gasteiger partial charge < -0.3 is 19.2 Å². The quantitative estimate of drug-likeness (QED) is 0.726. The molecule has 1 aliphatic heterocycles. The molecule has 0 aliphatic carbocycles. The highest BCUT2D eigenvalue weighted by Gasteiger charge is 2.32. The van der Waals surface area contributed by atoms with Crippen LogP contribution in [-0.4, -0.2) is 35.0 Å². The Balaban J connectivity index is 1.64. The molecule has 1 saturated heterocycles. The molecule has 1 aliphatic rings. The van der Waals surface area contributed by atoms with Gasteiger partial charge in [-0.1, -0.05) is 36.4 Å². The Morgan fingerprint density at radius 2 is 1.86 bits per heavy atom. The van der Waals surface area contributed by atoms with Gasteiger partial charge in [-0.2, -0.15) is 0 Å². The highest BCUT2D eigenvalue weighted by Crippen LogP contribution is 2.29. The van der Waals surface area contributed by atoms with Crippen molar-refractivity contribution in [3.05, 3.63) is 65.9 Å². The Morgan fingerprint density at radius 3 is 2.64 bits per heavy atom. The van der Waals surface area contributed by atoms with Gasteiger partial charge in [0.1, 0.15) is 17.9 Å². The van der Waals surface area contributed by atoms with Crippen molar-refractivity contribution in [1.29, 1.82) is 0 Å². The summed E-state index contributed by atoms with van der Waals surface area (Å²) in [6.45, 7) is 0.918. The fraction of sp³-hybridized carbons (Fsp3) is 0.273. The number of carbonyl (C=O) groups excluding carboxylic acids is 1. The van der Waals surface area contributed by atoms with E-state index in [2.05, 4.69) is 0 Å². The number of likely N-dealkylation sites (tertiary alicyclic amines) is 1. The maximum atomic E-state index is 13.2. The maximum Gasteiger partial charge on any atom is 0.308 e. The van der Waals surface area contributed by atoms with Crippen LogP contribution in [0.2, 0.25) is 0 Å². The van der Waals surface area contributed by atoms with Gasteiger partial charge in [-0.15, -0.1) is 0 Å². The topological polar surface area (TPSA) is 80.0 Å². The summed E-state index contributed by atoms with van der Waals surface area (Å²) >= 11 is 0. The smallest absolute Gasteiger partial charge is 0.308 e. The molecular formula is C22H21NO5. The molecule has 1 aromatic heterocycles. The number of nitrogens with zero attached hydrogens (tertiary/aromatic N) is 1. The van der Waals surface area contributed by atoms with E-state index in [0.29, 0.717) is 36.3 Å². The van der Waals surface area contributed by atoms with Gasteiger partial charge in [-0.25, -0.2) is 0 Å². The highest BCUT2D eigenvalue weighted by atomic mass is 16.5. The standard InChI is InChI=1S/C22H21NO5/c24-21(23-12-6-7-15(13-23)22(25)26)20-18(14-27-16-8-2-1-3-9-16)17-10-4-5-11-19(17)28-20/h1-5,8-11,15H,6-7,12-14H2,(H,25,26)/t15-/m0/s1. The molecule has 3 aromatic rings. The molecule has 0 unspecified atom stereocenters. The summed E-state index contributed by atoms with van der Waals surface area (Å²) in [4.78, 5) is 26.1. The third-order valence-electron chi connectivity index (χ3n) is 5.08. The van der Waals surface area contributed by atoms with Crippen molar-refractivity contribution in [3.8, 4) is 5.75 Å². The van der Waals surface area contributed by atoms with E-state index in [1.165, 1.54) is 0 Å². The van der Waals surface area contributed by atoms with Gasteiger partial charge in [0.25, 0.3) is 5.91 Å². The van der Waals surface area contributed by atoms with Crippen LogP contribution in [0.15, 0.2) is 59.0 Å². The monoisotopic (exact) mass is 379 g/mol. The number of amides is 1. The summed E-state index contributed by atoms with van der Waals surface area (Å²) in [7, 11) is 0. The molecule has 2 heterocycles. The first-order chi connectivity index (χ1) is 13.6. The molecule has 1 N–H and O–H groups in total. The van der Waals surface area contributed by atoms with Crippen molar-refractivity contribution in [3.63, 3.8) is 0 Å². The molecule has 0 saturated carbocycles. The molecule has 144 valence electrons. The average molecular weight is 379 g/mol. The number of furan rings is 1. The van der Waals surface area contributed by atoms with E-state index in [1.807, 2.05) is 54.6 Å². The van der Waals surface area contributed by atoms with E-state index in [4.69, 9.17) is 9.15 Å². The van der Waals surface area contributed by atoms with Crippen LogP contribution >= 0.6 is 0 Å². The predicted molar refractivity (Wildman–Crippen MR) is 103 cm³/mol. The Hall–Kier alpha value is -3.28. The van der Waals surface area contributed by atoms with Crippen molar-refractivity contribution < 1.29 is 23.8 Å². The van der Waals surface area contributed by atoms with Gasteiger partial charge in [-0.3, -0.25) is 9.59 Å². The first kappa shape index (κ1) is 18.1. The van der Waals surface area contributed by atoms with Crippen LogP contribution in [0.4, 0.5) is 0 Å². The lowest BCUT2D eigenvalue weighted by Crippen LogP contribution is -2.42. The van der Waals surface area contributed by atoms with E-state index in [9.17, 15) is 14.7 Å². The summed E-state index contributed by atoms with van der Waals surface area (Å²) in [5, 5.41) is 10.1. The fourth-order valence-corrected chi connectivity index (χ4v) is 3.59. The molecule has 1 atom stereocenters. The molecule has 0 bridgehead atoms. The van der Waals surface area contributed by atoms with Crippen LogP contribution < -0.4 is 4.74 Å². The number of carboxylic acids is 1. The molecular weight excluding hydrogens is 358 g/mol. The molecule has 6 nitrogen and oxygen atoms in total. The summed E-state index contributed by atoms with van der Waals surface area (Å²) in [5.41, 5.74) is 1.30. The van der Waals surface area contributed by atoms with Crippen LogP contribution in [0.1, 0.15) is 29.0 Å². The summed E-state index contributed by atoms with van der Waals surface area (Å²) < 4.78 is 11.8. The van der Waals surface area contributed by atoms with Crippen LogP contribution in [0.5, 0.6) is 5.75 Å². The molecule has 1 fully saturated rings. The number of para-hydroxylation sites is 2. The number of ether oxygens (including phenoxy) is 1. The SMILES string of the molecule is O=C(O)[C@H]1CCCN(C(=O)c2oc3ccccc3c2COc2ccccc2)C1. The van der Waals surface area contributed by atoms with E-state index in [0.717, 1.165) is 5.39 Å². The van der Waals surface area contributed by atoms with Crippen LogP contribution in [-0.2, 0) is 11.4 Å². The second kappa shape index (κ2) is 7.76. The number of hydrogen-bond acceptors (Lipinski definition) is 4. The molecule has 2 aromatic carbocycles. The lowest BCUT2D eigenvalue weighted by Gasteiger charge is -2.30. The van der Waals surface area contributed by atoms with Gasteiger partial charge >= 0.3 is 5.97 Å². The lowest BCUT2D eigenvalue weighted by atomic mass is 9.98. The summed E-state index contributed by atoms with van der Waals surface area (Å²) in [6, 6.07) is 16.8. The molecule has 0 radical (unpaired) electrons. The van der Waals surface area contributed by atoms with Gasteiger partial charge in [0, 0.05) is 24.0 Å². The second-order valence-electron chi connectivity index (χ2n) is 6.94. The highest BCUT2D eigenvalue weighted by molar-refractivity contribution is 5.99. The molecule has 6 heteroatoms. The van der Waals surface area contributed by atoms with Crippen LogP contribution in [0, 0.1) is 5.92 Å². The van der Waals surface area contributed by atoms with Gasteiger partial charge in [0.2, 0.25) is 0 Å². The number of carbonyl (C=O) groups is 2. The van der Waals surface area contributed by atoms with Crippen molar-refractivity contribution in [1.82, 2.24) is 4.90 Å². The van der Waals surface area contributed by atoms with E-state index in [1.54, 1.807) is 4.90 Å². The van der Waals surface area contributed by atoms with Crippen molar-refractivity contribution in [2.24, 2.45) is 5.92 Å². The van der Waals surface area contributed by atoms with Gasteiger partial charge in [0.15, 0.2) is 5.76 Å². The summed E-state index contributed by atoms with van der Waals surface area (Å²) in [6.07, 6.45) is 1.25. The minimum atomic E-state index is -0.866. The van der Waals surface area contributed by atoms with E-state index in [-0.39, 0.29) is 24.8 Å². The van der Waals surface area contributed by atoms with Crippen molar-refractivity contribution in [2.75, 3.05) is 13.1 Å². The van der Waals surface area contributed by atoms with Crippen LogP contribution in [0.25, 0.3) is 11.0 Å². The lowest BCUT2D eigenvalue weighted by molar-refractivity contribution is -0.143. The normalized spacial score (nSPS) is 16.9. The number of piperidine rings is 1. The molecule has 1 amide bonds. The van der Waals surface area contributed by atoms with E-state index < -0.39 is 11.9 Å². The zero-order valence-electron chi connectivity index (χ0n) is 15.3. The molecule has 28 heavy (non-hydrogen) atoms. The third-order valence-corrected chi connectivity index (χ3v) is 5.08. The Morgan fingerprint density at radius 1 is 1.11 bits per heavy atom. The summed E-state index contributed by atoms with van der Waals surface area (Å²) in [5.74, 6) is -0.757. The number of carboxylic acid groups (broad SMARTS) is 1. The third kappa shape index (κ3) is 3.58. The fourth-order valence-electron chi connectivity index (χ4n) is 3.59. The van der Waals surface area contributed by atoms with Crippen molar-refractivity contribution in [2.45, 2.75) is 19.4 Å². The first-order valence-electron chi connectivity index (χ1n) is 9.34. The maximum absolute atomic E-state index is 13.2. The minimum absolute atomic E-state index is 0.193. The molecule has 4 rings (SSSR count). The Bertz CT molecular complexity index is 995. The van der Waals surface area contributed by atoms with Gasteiger partial charge in [-0.05, 0) is 31.0 Å². The predicted octanol–water partition coefficient (Wildman–Crippen LogP) is 3.95. The largest absolute Gasteiger partial charge is 0.489 e. The molecule has 0 spiro atoms. The Labute approximate surface area is 162 Å². The minimum Gasteiger partial charge on any atom is -0.489 e. The Kier molecular flexibility index (Phi) is 5.02. The number of benzene rings is 2. The number of aliphatic carboxylic acids is 1. The average Bonchev–Trinajstić information content (AvgIpc) is 3.11. The second-order valence-corrected chi connectivity index (χ2v) is 6.94. The number of fused-ring (bicyclic) bond motifs is 1. The zero-order chi connectivity index (χ0) is 19.5. The number of hydrogen-bond donors (Lipinski definition) is 1. The van der Waals surface area contributed by atoms with E-state index >= 15 is 0 Å². The first-order valence-corrected chi connectivity index (χ1v) is 9.34. The number of rotatable bonds is 5. The van der Waals surface area contributed by atoms with Gasteiger partial charge in [0.05, 0.1) is 5.92 Å².